The van der Waals surface area contributed by atoms with Crippen molar-refractivity contribution in [3.05, 3.63) is 65.9 Å². The molecular formula is C17H15N. The Morgan fingerprint density at radius 2 is 1.61 bits per heavy atom. The zero-order valence-electron chi connectivity index (χ0n) is 10.6. The van der Waals surface area contributed by atoms with E-state index in [9.17, 15) is 0 Å². The smallest absolute Gasteiger partial charge is 0.0739 e. The topological polar surface area (TPSA) is 12.9 Å². The van der Waals surface area contributed by atoms with E-state index in [4.69, 9.17) is 0 Å². The molecule has 0 unspecified atom stereocenters. The van der Waals surface area contributed by atoms with Crippen LogP contribution in [-0.4, -0.2) is 4.98 Å². The number of pyridine rings is 1. The van der Waals surface area contributed by atoms with Crippen LogP contribution in [0.2, 0.25) is 0 Å². The molecule has 0 spiro atoms. The van der Waals surface area contributed by atoms with Crippen molar-refractivity contribution < 1.29 is 0 Å². The van der Waals surface area contributed by atoms with Crippen LogP contribution in [0.4, 0.5) is 0 Å². The Labute approximate surface area is 107 Å². The lowest BCUT2D eigenvalue weighted by Gasteiger charge is -2.11. The first-order chi connectivity index (χ1) is 8.77. The Bertz CT molecular complexity index is 714. The van der Waals surface area contributed by atoms with E-state index in [0.717, 1.165) is 5.69 Å². The number of hydrogen-bond donors (Lipinski definition) is 0. The molecule has 0 amide bonds. The summed E-state index contributed by atoms with van der Waals surface area (Å²) in [5.41, 5.74) is 4.84. The van der Waals surface area contributed by atoms with Gasteiger partial charge < -0.3 is 0 Å². The minimum atomic E-state index is 1.09. The number of benzene rings is 2. The number of fused-ring (bicyclic) bond motifs is 1. The van der Waals surface area contributed by atoms with Gasteiger partial charge in [0.2, 0.25) is 0 Å². The van der Waals surface area contributed by atoms with E-state index in [1.54, 1.807) is 0 Å². The van der Waals surface area contributed by atoms with Crippen LogP contribution in [0.25, 0.3) is 22.0 Å². The third kappa shape index (κ3) is 1.68. The fourth-order valence-electron chi connectivity index (χ4n) is 2.44. The third-order valence-electron chi connectivity index (χ3n) is 3.38. The van der Waals surface area contributed by atoms with Crippen molar-refractivity contribution in [3.63, 3.8) is 0 Å². The normalized spacial score (nSPS) is 10.8. The maximum absolute atomic E-state index is 4.56. The van der Waals surface area contributed by atoms with Gasteiger partial charge in [0.1, 0.15) is 0 Å². The molecule has 1 heteroatoms. The summed E-state index contributed by atoms with van der Waals surface area (Å²) in [4.78, 5) is 4.56. The second kappa shape index (κ2) is 4.26. The molecule has 1 nitrogen and oxygen atoms in total. The molecule has 3 rings (SSSR count). The zero-order valence-corrected chi connectivity index (χ0v) is 10.6. The van der Waals surface area contributed by atoms with Crippen LogP contribution >= 0.6 is 0 Å². The Balaban J connectivity index is 2.42. The molecule has 0 saturated heterocycles. The average molecular weight is 233 g/mol. The summed E-state index contributed by atoms with van der Waals surface area (Å²) in [6, 6.07) is 16.9. The van der Waals surface area contributed by atoms with Crippen LogP contribution in [0.1, 0.15) is 11.1 Å². The molecule has 1 heterocycles. The van der Waals surface area contributed by atoms with Gasteiger partial charge in [-0.25, -0.2) is 0 Å². The van der Waals surface area contributed by atoms with E-state index in [-0.39, 0.29) is 0 Å². The molecule has 0 aliphatic carbocycles. The van der Waals surface area contributed by atoms with Gasteiger partial charge in [0, 0.05) is 11.8 Å². The van der Waals surface area contributed by atoms with E-state index >= 15 is 0 Å². The van der Waals surface area contributed by atoms with Gasteiger partial charge >= 0.3 is 0 Å². The Morgan fingerprint density at radius 3 is 2.44 bits per heavy atom. The molecule has 18 heavy (non-hydrogen) atoms. The molecule has 0 N–H and O–H groups in total. The van der Waals surface area contributed by atoms with E-state index in [1.165, 1.54) is 27.5 Å². The molecule has 88 valence electrons. The van der Waals surface area contributed by atoms with Crippen molar-refractivity contribution in [2.75, 3.05) is 0 Å². The van der Waals surface area contributed by atoms with Crippen molar-refractivity contribution in [1.82, 2.24) is 4.98 Å². The lowest BCUT2D eigenvalue weighted by molar-refractivity contribution is 1.26. The quantitative estimate of drug-likeness (QED) is 0.602. The molecule has 0 radical (unpaired) electrons. The highest BCUT2D eigenvalue weighted by atomic mass is 14.7. The standard InChI is InChI=1S/C17H15N/c1-12-9-10-14-7-3-4-8-15(14)16(12)17-13(2)6-5-11-18-17/h3-11H,1-2H3. The van der Waals surface area contributed by atoms with Gasteiger partial charge in [-0.2, -0.15) is 0 Å². The summed E-state index contributed by atoms with van der Waals surface area (Å²) >= 11 is 0. The fourth-order valence-corrected chi connectivity index (χ4v) is 2.44. The number of aromatic nitrogens is 1. The van der Waals surface area contributed by atoms with Gasteiger partial charge in [-0.3, -0.25) is 4.98 Å². The number of aryl methyl sites for hydroxylation is 2. The van der Waals surface area contributed by atoms with Crippen molar-refractivity contribution in [2.45, 2.75) is 13.8 Å². The van der Waals surface area contributed by atoms with E-state index in [0.29, 0.717) is 0 Å². The predicted molar refractivity (Wildman–Crippen MR) is 76.7 cm³/mol. The molecule has 0 bridgehead atoms. The van der Waals surface area contributed by atoms with Gasteiger partial charge in [-0.1, -0.05) is 42.5 Å². The first-order valence-corrected chi connectivity index (χ1v) is 6.18. The molecule has 2 aromatic carbocycles. The van der Waals surface area contributed by atoms with Crippen molar-refractivity contribution >= 4 is 10.8 Å². The summed E-state index contributed by atoms with van der Waals surface area (Å²) in [6.07, 6.45) is 1.86. The highest BCUT2D eigenvalue weighted by Gasteiger charge is 2.10. The molecule has 0 fully saturated rings. The van der Waals surface area contributed by atoms with Gasteiger partial charge in [-0.05, 0) is 41.8 Å². The molecule has 3 aromatic rings. The first-order valence-electron chi connectivity index (χ1n) is 6.18. The Hall–Kier alpha value is -2.15. The largest absolute Gasteiger partial charge is 0.256 e. The number of rotatable bonds is 1. The van der Waals surface area contributed by atoms with E-state index in [1.807, 2.05) is 12.3 Å². The van der Waals surface area contributed by atoms with E-state index < -0.39 is 0 Å². The van der Waals surface area contributed by atoms with Crippen molar-refractivity contribution in [2.24, 2.45) is 0 Å². The lowest BCUT2D eigenvalue weighted by atomic mass is 9.95. The van der Waals surface area contributed by atoms with Crippen LogP contribution in [-0.2, 0) is 0 Å². The maximum atomic E-state index is 4.56. The molecule has 0 aliphatic rings. The van der Waals surface area contributed by atoms with Gasteiger partial charge in [0.25, 0.3) is 0 Å². The van der Waals surface area contributed by atoms with E-state index in [2.05, 4.69) is 61.3 Å². The monoisotopic (exact) mass is 233 g/mol. The second-order valence-corrected chi connectivity index (χ2v) is 4.65. The molecule has 0 atom stereocenters. The van der Waals surface area contributed by atoms with Gasteiger partial charge in [0.05, 0.1) is 5.69 Å². The minimum absolute atomic E-state index is 1.09. The fraction of sp³-hybridized carbons (Fsp3) is 0.118. The average Bonchev–Trinajstić information content (AvgIpc) is 2.40. The molecule has 0 saturated carbocycles. The van der Waals surface area contributed by atoms with Crippen LogP contribution in [0.15, 0.2) is 54.7 Å². The summed E-state index contributed by atoms with van der Waals surface area (Å²) in [7, 11) is 0. The zero-order chi connectivity index (χ0) is 12.5. The van der Waals surface area contributed by atoms with Gasteiger partial charge in [-0.15, -0.1) is 0 Å². The van der Waals surface area contributed by atoms with Crippen molar-refractivity contribution in [3.8, 4) is 11.3 Å². The van der Waals surface area contributed by atoms with Crippen molar-refractivity contribution in [1.29, 1.82) is 0 Å². The molecule has 1 aromatic heterocycles. The number of nitrogens with zero attached hydrogens (tertiary/aromatic N) is 1. The molecular weight excluding hydrogens is 218 g/mol. The summed E-state index contributed by atoms with van der Waals surface area (Å²) < 4.78 is 0. The predicted octanol–water partition coefficient (Wildman–Crippen LogP) is 4.52. The Morgan fingerprint density at radius 1 is 0.778 bits per heavy atom. The summed E-state index contributed by atoms with van der Waals surface area (Å²) in [5.74, 6) is 0. The maximum Gasteiger partial charge on any atom is 0.0739 e. The number of hydrogen-bond acceptors (Lipinski definition) is 1. The van der Waals surface area contributed by atoms with Crippen LogP contribution in [0, 0.1) is 13.8 Å². The minimum Gasteiger partial charge on any atom is -0.256 e. The first kappa shape index (κ1) is 11.0. The SMILES string of the molecule is Cc1cccnc1-c1c(C)ccc2ccccc12. The third-order valence-corrected chi connectivity index (χ3v) is 3.38. The highest BCUT2D eigenvalue weighted by Crippen LogP contribution is 2.32. The highest BCUT2D eigenvalue weighted by molar-refractivity contribution is 5.97. The Kier molecular flexibility index (Phi) is 2.60. The van der Waals surface area contributed by atoms with Crippen LogP contribution in [0.5, 0.6) is 0 Å². The van der Waals surface area contributed by atoms with Crippen LogP contribution < -0.4 is 0 Å². The lowest BCUT2D eigenvalue weighted by Crippen LogP contribution is -1.91. The second-order valence-electron chi connectivity index (χ2n) is 4.65. The van der Waals surface area contributed by atoms with Crippen LogP contribution in [0.3, 0.4) is 0 Å². The summed E-state index contributed by atoms with van der Waals surface area (Å²) in [6.45, 7) is 4.26. The van der Waals surface area contributed by atoms with Gasteiger partial charge in [0.15, 0.2) is 0 Å². The summed E-state index contributed by atoms with van der Waals surface area (Å²) in [5, 5.41) is 2.54. The molecule has 0 aliphatic heterocycles.